The molecule has 13 heteroatoms. The van der Waals surface area contributed by atoms with E-state index in [1.807, 2.05) is 27.7 Å². The number of ether oxygens (including phenoxy) is 4. The fraction of sp³-hybridized carbons (Fsp3) is 0.712. The molecule has 0 fully saturated rings. The molecule has 1 atom stereocenters. The molecule has 376 valence electrons. The van der Waals surface area contributed by atoms with E-state index in [2.05, 4.69) is 82.9 Å². The van der Waals surface area contributed by atoms with Gasteiger partial charge in [0.2, 0.25) is 11.8 Å². The van der Waals surface area contributed by atoms with Crippen molar-refractivity contribution in [3.63, 3.8) is 0 Å². The predicted molar refractivity (Wildman–Crippen MR) is 277 cm³/mol. The van der Waals surface area contributed by atoms with Crippen molar-refractivity contribution in [2.75, 3.05) is 98.0 Å². The first kappa shape index (κ1) is 63.3. The molecule has 0 saturated carbocycles. The predicted octanol–water partition coefficient (Wildman–Crippen LogP) is 8.89. The van der Waals surface area contributed by atoms with E-state index in [1.54, 1.807) is 13.4 Å². The van der Waals surface area contributed by atoms with Crippen LogP contribution in [-0.2, 0) is 35.0 Å². The zero-order valence-electron chi connectivity index (χ0n) is 42.7. The minimum Gasteiger partial charge on any atom is -0.383 e. The molecular weight excluding hydrogens is 819 g/mol. The van der Waals surface area contributed by atoms with Crippen molar-refractivity contribution < 1.29 is 28.5 Å². The summed E-state index contributed by atoms with van der Waals surface area (Å²) in [6.45, 7) is 29.8. The Hall–Kier alpha value is -3.75. The molecule has 0 bridgehead atoms. The second-order valence-corrected chi connectivity index (χ2v) is 15.2. The third-order valence-electron chi connectivity index (χ3n) is 10.5. The maximum Gasteiger partial charge on any atom is 0.240 e. The Morgan fingerprint density at radius 2 is 1.26 bits per heavy atom. The van der Waals surface area contributed by atoms with Crippen molar-refractivity contribution in [1.82, 2.24) is 16.0 Å². The summed E-state index contributed by atoms with van der Waals surface area (Å²) in [5, 5.41) is 9.20. The van der Waals surface area contributed by atoms with Gasteiger partial charge in [0.25, 0.3) is 0 Å². The highest BCUT2D eigenvalue weighted by Gasteiger charge is 2.18. The number of nitrogens with zero attached hydrogens (tertiary/aromatic N) is 2. The number of nitrogens with two attached hydrogens (primary N) is 2. The quantitative estimate of drug-likeness (QED) is 0.0244. The molecule has 0 saturated heterocycles. The summed E-state index contributed by atoms with van der Waals surface area (Å²) in [5.41, 5.74) is 16.9. The van der Waals surface area contributed by atoms with Crippen molar-refractivity contribution in [3.05, 3.63) is 59.3 Å². The van der Waals surface area contributed by atoms with Crippen LogP contribution in [0.3, 0.4) is 0 Å². The van der Waals surface area contributed by atoms with Gasteiger partial charge in [0, 0.05) is 76.4 Å². The molecule has 0 aliphatic heterocycles. The lowest BCUT2D eigenvalue weighted by Gasteiger charge is -2.25. The van der Waals surface area contributed by atoms with Crippen LogP contribution in [0.4, 0.5) is 5.69 Å². The van der Waals surface area contributed by atoms with Gasteiger partial charge < -0.3 is 51.3 Å². The maximum atomic E-state index is 12.2. The monoisotopic (exact) mass is 916 g/mol. The van der Waals surface area contributed by atoms with Crippen molar-refractivity contribution in [3.8, 4) is 0 Å². The number of carbonyl (C=O) groups excluding carboxylic acids is 2. The molecular formula is C52H97N7O6. The zero-order valence-corrected chi connectivity index (χ0v) is 42.7. The number of nitrogens with one attached hydrogen (secondary N) is 3. The summed E-state index contributed by atoms with van der Waals surface area (Å²) >= 11 is 0. The SMILES string of the molecule is C=C1Cc2cc(N(CC)CC)ccc2C=C1C(=C)NCCOCCOCCCCCCCCOCCOCCCCCCCCC(=O)NC(CCCNC=NC)C(N)=O.CC.CC.CN. The van der Waals surface area contributed by atoms with E-state index in [0.29, 0.717) is 59.0 Å². The van der Waals surface area contributed by atoms with Crippen LogP contribution in [0.5, 0.6) is 0 Å². The first-order chi connectivity index (χ1) is 31.8. The number of unbranched alkanes of at least 4 members (excludes halogenated alkanes) is 10. The van der Waals surface area contributed by atoms with E-state index < -0.39 is 11.9 Å². The van der Waals surface area contributed by atoms with Crippen LogP contribution in [-0.4, -0.2) is 117 Å². The maximum absolute atomic E-state index is 12.2. The summed E-state index contributed by atoms with van der Waals surface area (Å²) < 4.78 is 23.0. The van der Waals surface area contributed by atoms with E-state index in [0.717, 1.165) is 114 Å². The summed E-state index contributed by atoms with van der Waals surface area (Å²) in [4.78, 5) is 30.1. The molecule has 13 nitrogen and oxygen atoms in total. The molecule has 0 heterocycles. The highest BCUT2D eigenvalue weighted by Crippen LogP contribution is 2.32. The van der Waals surface area contributed by atoms with Crippen molar-refractivity contribution in [1.29, 1.82) is 0 Å². The molecule has 1 unspecified atom stereocenters. The molecule has 1 aromatic rings. The van der Waals surface area contributed by atoms with Gasteiger partial charge in [-0.05, 0) is 101 Å². The van der Waals surface area contributed by atoms with Gasteiger partial charge >= 0.3 is 0 Å². The van der Waals surface area contributed by atoms with Crippen LogP contribution >= 0.6 is 0 Å². The lowest BCUT2D eigenvalue weighted by molar-refractivity contribution is -0.127. The summed E-state index contributed by atoms with van der Waals surface area (Å²) in [7, 11) is 3.18. The van der Waals surface area contributed by atoms with Gasteiger partial charge in [-0.1, -0.05) is 98.3 Å². The Kier molecular flexibility index (Phi) is 45.6. The van der Waals surface area contributed by atoms with Gasteiger partial charge in [0.15, 0.2) is 0 Å². The van der Waals surface area contributed by atoms with Crippen LogP contribution < -0.4 is 32.3 Å². The van der Waals surface area contributed by atoms with Gasteiger partial charge in [-0.25, -0.2) is 0 Å². The van der Waals surface area contributed by atoms with Gasteiger partial charge in [-0.15, -0.1) is 0 Å². The lowest BCUT2D eigenvalue weighted by atomic mass is 9.87. The summed E-state index contributed by atoms with van der Waals surface area (Å²) in [6.07, 6.45) is 19.5. The highest BCUT2D eigenvalue weighted by molar-refractivity contribution is 5.86. The number of aliphatic imine (C=N–C) groups is 1. The number of amides is 2. The molecule has 1 aromatic carbocycles. The van der Waals surface area contributed by atoms with Gasteiger partial charge in [-0.3, -0.25) is 14.6 Å². The number of carbonyl (C=O) groups is 2. The number of rotatable bonds is 39. The summed E-state index contributed by atoms with van der Waals surface area (Å²) in [5.74, 6) is -0.598. The van der Waals surface area contributed by atoms with Crippen molar-refractivity contribution in [2.24, 2.45) is 16.5 Å². The number of benzene rings is 1. The number of fused-ring (bicyclic) bond motifs is 1. The number of hydrogen-bond acceptors (Lipinski definition) is 10. The lowest BCUT2D eigenvalue weighted by Crippen LogP contribution is -2.44. The van der Waals surface area contributed by atoms with Gasteiger partial charge in [-0.2, -0.15) is 0 Å². The molecule has 0 radical (unpaired) electrons. The van der Waals surface area contributed by atoms with Crippen LogP contribution in [0.1, 0.15) is 149 Å². The summed E-state index contributed by atoms with van der Waals surface area (Å²) in [6, 6.07) is 6.10. The Morgan fingerprint density at radius 1 is 0.754 bits per heavy atom. The number of primary amides is 1. The first-order valence-corrected chi connectivity index (χ1v) is 25.1. The third kappa shape index (κ3) is 33.4. The highest BCUT2D eigenvalue weighted by atomic mass is 16.5. The molecule has 0 aromatic heterocycles. The normalized spacial score (nSPS) is 12.0. The molecule has 1 aliphatic carbocycles. The largest absolute Gasteiger partial charge is 0.383 e. The molecule has 2 rings (SSSR count). The van der Waals surface area contributed by atoms with Crippen molar-refractivity contribution >= 4 is 29.9 Å². The Labute approximate surface area is 397 Å². The van der Waals surface area contributed by atoms with Crippen LogP contribution in [0.25, 0.3) is 6.08 Å². The molecule has 7 N–H and O–H groups in total. The van der Waals surface area contributed by atoms with Crippen LogP contribution in [0.2, 0.25) is 0 Å². The van der Waals surface area contributed by atoms with E-state index >= 15 is 0 Å². The zero-order chi connectivity index (χ0) is 48.8. The smallest absolute Gasteiger partial charge is 0.240 e. The van der Waals surface area contributed by atoms with Crippen LogP contribution in [0, 0.1) is 0 Å². The Morgan fingerprint density at radius 3 is 1.77 bits per heavy atom. The molecule has 0 spiro atoms. The first-order valence-electron chi connectivity index (χ1n) is 25.1. The van der Waals surface area contributed by atoms with E-state index in [1.165, 1.54) is 49.5 Å². The Bertz CT molecular complexity index is 1390. The average Bonchev–Trinajstić information content (AvgIpc) is 3.32. The minimum atomic E-state index is -0.620. The number of hydrogen-bond donors (Lipinski definition) is 5. The van der Waals surface area contributed by atoms with E-state index in [-0.39, 0.29) is 5.91 Å². The molecule has 2 amide bonds. The third-order valence-corrected chi connectivity index (χ3v) is 10.5. The van der Waals surface area contributed by atoms with E-state index in [4.69, 9.17) is 24.7 Å². The minimum absolute atomic E-state index is 0.108. The van der Waals surface area contributed by atoms with E-state index in [9.17, 15) is 9.59 Å². The van der Waals surface area contributed by atoms with Gasteiger partial charge in [0.1, 0.15) is 6.04 Å². The average molecular weight is 916 g/mol. The van der Waals surface area contributed by atoms with Crippen LogP contribution in [0.15, 0.2) is 53.2 Å². The van der Waals surface area contributed by atoms with Gasteiger partial charge in [0.05, 0.1) is 39.4 Å². The fourth-order valence-electron chi connectivity index (χ4n) is 7.00. The fourth-order valence-corrected chi connectivity index (χ4v) is 7.00. The molecule has 1 aliphatic rings. The molecule has 65 heavy (non-hydrogen) atoms. The standard InChI is InChI=1S/C47H80N6O6.2C2H6.CH5N/c1-6-53(7-2)43-24-23-41-37-44(39(3)35-42(41)36-43)40(4)51-26-30-59-34-33-58-29-19-15-11-10-14-18-28-57-32-31-56-27-17-13-9-8-12-16-22-46(54)52-45(47(48)55)21-20-25-50-38-49-5;3*1-2/h23-24,36-38,45,51H,3-4,6-22,25-35H2,1-2,5H3,(H2,48,55)(H,49,50)(H,52,54);2*1-2H3;2H2,1H3. The number of anilines is 1. The topological polar surface area (TPSA) is 175 Å². The second-order valence-electron chi connectivity index (χ2n) is 15.2. The Balaban J connectivity index is 0. The van der Waals surface area contributed by atoms with Crippen molar-refractivity contribution in [2.45, 2.75) is 150 Å². The second kappa shape index (κ2) is 46.8. The number of allylic oxidation sites excluding steroid dienone is 1.